The number of carbonyl (C=O) groups excluding carboxylic acids is 1. The topological polar surface area (TPSA) is 80.5 Å². The lowest BCUT2D eigenvalue weighted by molar-refractivity contribution is 0.122. The Labute approximate surface area is 176 Å². The molecule has 2 aromatic carbocycles. The van der Waals surface area contributed by atoms with Crippen LogP contribution in [0.1, 0.15) is 28.8 Å². The summed E-state index contributed by atoms with van der Waals surface area (Å²) in [5, 5.41) is 6.99. The summed E-state index contributed by atoms with van der Waals surface area (Å²) in [6, 6.07) is 20.1. The average molecular weight is 406 g/mol. The number of amides is 2. The predicted molar refractivity (Wildman–Crippen MR) is 112 cm³/mol. The number of hydrogen-bond acceptors (Lipinski definition) is 5. The molecule has 7 nitrogen and oxygen atoms in total. The summed E-state index contributed by atoms with van der Waals surface area (Å²) in [6.45, 7) is 2.93. The molecule has 2 heterocycles. The highest BCUT2D eigenvalue weighted by Crippen LogP contribution is 2.25. The molecule has 30 heavy (non-hydrogen) atoms. The summed E-state index contributed by atoms with van der Waals surface area (Å²) in [7, 11) is 0. The zero-order valence-electron chi connectivity index (χ0n) is 16.9. The Morgan fingerprint density at radius 2 is 1.73 bits per heavy atom. The van der Waals surface area contributed by atoms with Crippen molar-refractivity contribution in [2.45, 2.75) is 25.4 Å². The Hall–Kier alpha value is -3.19. The normalized spacial score (nSPS) is 13.8. The van der Waals surface area contributed by atoms with E-state index in [1.54, 1.807) is 4.90 Å². The summed E-state index contributed by atoms with van der Waals surface area (Å²) in [6.07, 6.45) is 1.43. The Kier molecular flexibility index (Phi) is 6.72. The van der Waals surface area contributed by atoms with Gasteiger partial charge in [-0.15, -0.1) is 0 Å². The third kappa shape index (κ3) is 5.45. The first-order valence-corrected chi connectivity index (χ1v) is 10.3. The van der Waals surface area contributed by atoms with Crippen LogP contribution in [0.25, 0.3) is 0 Å². The molecule has 1 aliphatic rings. The van der Waals surface area contributed by atoms with Crippen molar-refractivity contribution < 1.29 is 14.1 Å². The zero-order chi connectivity index (χ0) is 20.6. The van der Waals surface area contributed by atoms with Crippen molar-refractivity contribution in [3.05, 3.63) is 83.5 Å². The fourth-order valence-electron chi connectivity index (χ4n) is 3.33. The van der Waals surface area contributed by atoms with E-state index in [0.717, 1.165) is 12.0 Å². The summed E-state index contributed by atoms with van der Waals surface area (Å²) >= 11 is 0. The van der Waals surface area contributed by atoms with Gasteiger partial charge in [-0.1, -0.05) is 65.8 Å². The van der Waals surface area contributed by atoms with Gasteiger partial charge in [-0.3, -0.25) is 0 Å². The Morgan fingerprint density at radius 1 is 1.03 bits per heavy atom. The van der Waals surface area contributed by atoms with E-state index in [9.17, 15) is 4.79 Å². The van der Waals surface area contributed by atoms with Crippen LogP contribution in [-0.4, -0.2) is 47.3 Å². The van der Waals surface area contributed by atoms with E-state index >= 15 is 0 Å². The fourth-order valence-corrected chi connectivity index (χ4v) is 3.33. The van der Waals surface area contributed by atoms with E-state index in [4.69, 9.17) is 9.26 Å². The predicted octanol–water partition coefficient (Wildman–Crippen LogP) is 3.18. The summed E-state index contributed by atoms with van der Waals surface area (Å²) in [4.78, 5) is 18.4. The maximum Gasteiger partial charge on any atom is 0.317 e. The van der Waals surface area contributed by atoms with Crippen LogP contribution in [0.15, 0.2) is 65.2 Å². The van der Waals surface area contributed by atoms with Gasteiger partial charge in [0.25, 0.3) is 0 Å². The van der Waals surface area contributed by atoms with E-state index in [2.05, 4.69) is 27.6 Å². The molecule has 0 spiro atoms. The summed E-state index contributed by atoms with van der Waals surface area (Å²) in [5.74, 6) is 1.35. The highest BCUT2D eigenvalue weighted by atomic mass is 16.5. The van der Waals surface area contributed by atoms with Crippen molar-refractivity contribution in [1.29, 1.82) is 0 Å². The van der Waals surface area contributed by atoms with Crippen molar-refractivity contribution >= 4 is 6.03 Å². The van der Waals surface area contributed by atoms with Crippen LogP contribution in [0.3, 0.4) is 0 Å². The fraction of sp³-hybridized carbons (Fsp3) is 0.348. The van der Waals surface area contributed by atoms with E-state index in [-0.39, 0.29) is 11.9 Å². The number of benzene rings is 2. The summed E-state index contributed by atoms with van der Waals surface area (Å²) < 4.78 is 11.0. The molecular weight excluding hydrogens is 380 g/mol. The molecule has 7 heteroatoms. The van der Waals surface area contributed by atoms with Gasteiger partial charge in [0.2, 0.25) is 5.89 Å². The van der Waals surface area contributed by atoms with Gasteiger partial charge in [0.15, 0.2) is 5.82 Å². The van der Waals surface area contributed by atoms with E-state index < -0.39 is 0 Å². The Bertz CT molecular complexity index is 924. The van der Waals surface area contributed by atoms with Gasteiger partial charge in [0.05, 0.1) is 19.1 Å². The molecule has 0 aliphatic carbocycles. The largest absolute Gasteiger partial charge is 0.376 e. The number of ether oxygens (including phenoxy) is 1. The molecule has 0 bridgehead atoms. The number of likely N-dealkylation sites (tertiary alicyclic amines) is 1. The quantitative estimate of drug-likeness (QED) is 0.552. The molecule has 1 aliphatic heterocycles. The highest BCUT2D eigenvalue weighted by molar-refractivity contribution is 5.75. The SMILES string of the molecule is O=C(NCCc1ccccc1)N1CC(c2nc(CCOCc3ccccc3)no2)C1. The van der Waals surface area contributed by atoms with Crippen LogP contribution in [0.2, 0.25) is 0 Å². The van der Waals surface area contributed by atoms with Crippen LogP contribution in [0.5, 0.6) is 0 Å². The second-order valence-electron chi connectivity index (χ2n) is 7.41. The van der Waals surface area contributed by atoms with Crippen LogP contribution in [-0.2, 0) is 24.2 Å². The van der Waals surface area contributed by atoms with E-state index in [1.807, 2.05) is 48.5 Å². The first-order chi connectivity index (χ1) is 14.8. The van der Waals surface area contributed by atoms with Crippen molar-refractivity contribution in [3.8, 4) is 0 Å². The molecule has 3 aromatic rings. The Balaban J connectivity index is 1.13. The van der Waals surface area contributed by atoms with Gasteiger partial charge in [0.1, 0.15) is 0 Å². The molecule has 4 rings (SSSR count). The minimum absolute atomic E-state index is 0.0452. The van der Waals surface area contributed by atoms with Crippen LogP contribution in [0, 0.1) is 0 Å². The molecule has 1 N–H and O–H groups in total. The first kappa shape index (κ1) is 20.1. The van der Waals surface area contributed by atoms with E-state index in [1.165, 1.54) is 5.56 Å². The minimum atomic E-state index is -0.0452. The molecule has 0 saturated carbocycles. The van der Waals surface area contributed by atoms with Gasteiger partial charge in [-0.2, -0.15) is 4.98 Å². The summed E-state index contributed by atoms with van der Waals surface area (Å²) in [5.41, 5.74) is 2.35. The maximum atomic E-state index is 12.2. The van der Waals surface area contributed by atoms with Gasteiger partial charge >= 0.3 is 6.03 Å². The lowest BCUT2D eigenvalue weighted by Crippen LogP contribution is -2.52. The maximum absolute atomic E-state index is 12.2. The van der Waals surface area contributed by atoms with Crippen LogP contribution >= 0.6 is 0 Å². The lowest BCUT2D eigenvalue weighted by atomic mass is 10.0. The van der Waals surface area contributed by atoms with Crippen molar-refractivity contribution in [2.24, 2.45) is 0 Å². The van der Waals surface area contributed by atoms with Crippen molar-refractivity contribution in [1.82, 2.24) is 20.4 Å². The van der Waals surface area contributed by atoms with Gasteiger partial charge in [0, 0.05) is 26.1 Å². The number of carbonyl (C=O) groups is 1. The molecular formula is C23H26N4O3. The van der Waals surface area contributed by atoms with E-state index in [0.29, 0.717) is 51.0 Å². The molecule has 2 amide bonds. The number of aromatic nitrogens is 2. The van der Waals surface area contributed by atoms with Crippen molar-refractivity contribution in [2.75, 3.05) is 26.2 Å². The molecule has 0 atom stereocenters. The number of hydrogen-bond donors (Lipinski definition) is 1. The molecule has 1 aromatic heterocycles. The molecule has 1 saturated heterocycles. The molecule has 156 valence electrons. The second-order valence-corrected chi connectivity index (χ2v) is 7.41. The minimum Gasteiger partial charge on any atom is -0.376 e. The first-order valence-electron chi connectivity index (χ1n) is 10.3. The number of rotatable bonds is 9. The zero-order valence-corrected chi connectivity index (χ0v) is 16.9. The van der Waals surface area contributed by atoms with Crippen molar-refractivity contribution in [3.63, 3.8) is 0 Å². The lowest BCUT2D eigenvalue weighted by Gasteiger charge is -2.36. The number of urea groups is 1. The second kappa shape index (κ2) is 10.0. The monoisotopic (exact) mass is 406 g/mol. The van der Waals surface area contributed by atoms with Gasteiger partial charge < -0.3 is 19.5 Å². The standard InChI is InChI=1S/C23H26N4O3/c28-23(24-13-11-18-7-3-1-4-8-18)27-15-20(16-27)22-25-21(26-30-22)12-14-29-17-19-9-5-2-6-10-19/h1-10,20H,11-17H2,(H,24,28). The van der Waals surface area contributed by atoms with Gasteiger partial charge in [-0.05, 0) is 17.5 Å². The average Bonchev–Trinajstić information content (AvgIpc) is 3.20. The number of nitrogens with zero attached hydrogens (tertiary/aromatic N) is 3. The highest BCUT2D eigenvalue weighted by Gasteiger charge is 2.35. The molecule has 0 radical (unpaired) electrons. The third-order valence-electron chi connectivity index (χ3n) is 5.12. The van der Waals surface area contributed by atoms with Crippen LogP contribution < -0.4 is 5.32 Å². The smallest absolute Gasteiger partial charge is 0.317 e. The Morgan fingerprint density at radius 3 is 2.47 bits per heavy atom. The van der Waals surface area contributed by atoms with Gasteiger partial charge in [-0.25, -0.2) is 4.79 Å². The molecule has 0 unspecified atom stereocenters. The number of nitrogens with one attached hydrogen (secondary N) is 1. The third-order valence-corrected chi connectivity index (χ3v) is 5.12. The molecule has 1 fully saturated rings. The van der Waals surface area contributed by atoms with Crippen LogP contribution in [0.4, 0.5) is 4.79 Å².